The Balaban J connectivity index is 3.80. The summed E-state index contributed by atoms with van der Waals surface area (Å²) in [7, 11) is 0. The highest BCUT2D eigenvalue weighted by Gasteiger charge is 2.28. The summed E-state index contributed by atoms with van der Waals surface area (Å²) in [6, 6.07) is 0. The lowest BCUT2D eigenvalue weighted by Crippen LogP contribution is -2.42. The first-order valence-corrected chi connectivity index (χ1v) is 3.64. The zero-order valence-electron chi connectivity index (χ0n) is 5.14. The van der Waals surface area contributed by atoms with Crippen LogP contribution < -0.4 is 0 Å². The van der Waals surface area contributed by atoms with Gasteiger partial charge in [-0.3, -0.25) is 0 Å². The predicted molar refractivity (Wildman–Crippen MR) is 38.1 cm³/mol. The molecule has 56 valence electrons. The Morgan fingerprint density at radius 1 is 1.56 bits per heavy atom. The van der Waals surface area contributed by atoms with E-state index in [4.69, 9.17) is 33.4 Å². The molecular weight excluding hydrogens is 163 g/mol. The fourth-order valence-electron chi connectivity index (χ4n) is 0.255. The zero-order valence-corrected chi connectivity index (χ0v) is 6.65. The smallest absolute Gasteiger partial charge is 0.102 e. The molecule has 9 heavy (non-hydrogen) atoms. The van der Waals surface area contributed by atoms with Crippen molar-refractivity contribution in [3.8, 4) is 0 Å². The van der Waals surface area contributed by atoms with E-state index in [2.05, 4.69) is 0 Å². The number of aliphatic hydroxyl groups is 2. The molecule has 2 atom stereocenters. The third-order valence-electron chi connectivity index (χ3n) is 1.13. The molecule has 0 saturated heterocycles. The zero-order chi connectivity index (χ0) is 7.49. The molecule has 2 N–H and O–H groups in total. The predicted octanol–water partition coefficient (Wildman–Crippen LogP) is 0.576. The van der Waals surface area contributed by atoms with Crippen LogP contribution in [0, 0.1) is 0 Å². The molecule has 0 aliphatic heterocycles. The average Bonchev–Trinajstić information content (AvgIpc) is 1.86. The van der Waals surface area contributed by atoms with Crippen molar-refractivity contribution < 1.29 is 10.2 Å². The third kappa shape index (κ3) is 2.72. The van der Waals surface area contributed by atoms with Crippen molar-refractivity contribution >= 4 is 23.2 Å². The Kier molecular flexibility index (Phi) is 3.82. The van der Waals surface area contributed by atoms with Gasteiger partial charge in [0.25, 0.3) is 0 Å². The number of hydrogen-bond donors (Lipinski definition) is 2. The summed E-state index contributed by atoms with van der Waals surface area (Å²) in [6.07, 6.45) is -0.948. The number of aliphatic hydroxyl groups excluding tert-OH is 1. The number of hydrogen-bond acceptors (Lipinski definition) is 2. The highest BCUT2D eigenvalue weighted by Crippen LogP contribution is 2.12. The van der Waals surface area contributed by atoms with E-state index >= 15 is 0 Å². The molecule has 2 unspecified atom stereocenters. The van der Waals surface area contributed by atoms with E-state index in [9.17, 15) is 0 Å². The highest BCUT2D eigenvalue weighted by molar-refractivity contribution is 6.19. The summed E-state index contributed by atoms with van der Waals surface area (Å²) in [5.74, 6) is -0.0133. The molecule has 4 heteroatoms. The van der Waals surface area contributed by atoms with Crippen LogP contribution in [0.25, 0.3) is 0 Å². The third-order valence-corrected chi connectivity index (χ3v) is 1.97. The van der Waals surface area contributed by atoms with Gasteiger partial charge in [0, 0.05) is 0 Å². The van der Waals surface area contributed by atoms with Crippen molar-refractivity contribution in [1.29, 1.82) is 0 Å². The largest absolute Gasteiger partial charge is 0.389 e. The Bertz CT molecular complexity index is 85.0. The van der Waals surface area contributed by atoms with Gasteiger partial charge in [0.15, 0.2) is 0 Å². The van der Waals surface area contributed by atoms with Gasteiger partial charge in [-0.05, 0) is 6.92 Å². The number of alkyl halides is 2. The standard InChI is InChI=1S/C5H10Cl2O2/c1-5(9,3-7)4(8)2-6/h4,8-9H,2-3H2,1H3. The fourth-order valence-corrected chi connectivity index (χ4v) is 0.766. The first kappa shape index (κ1) is 9.50. The van der Waals surface area contributed by atoms with E-state index in [0.29, 0.717) is 0 Å². The highest BCUT2D eigenvalue weighted by atomic mass is 35.5. The van der Waals surface area contributed by atoms with Crippen LogP contribution in [0.1, 0.15) is 6.92 Å². The molecule has 0 aliphatic carbocycles. The molecule has 0 aromatic carbocycles. The van der Waals surface area contributed by atoms with Gasteiger partial charge in [0.05, 0.1) is 17.9 Å². The second-order valence-electron chi connectivity index (χ2n) is 2.16. The van der Waals surface area contributed by atoms with Gasteiger partial charge in [0.2, 0.25) is 0 Å². The van der Waals surface area contributed by atoms with Gasteiger partial charge in [-0.2, -0.15) is 0 Å². The average molecular weight is 173 g/mol. The molecule has 2 nitrogen and oxygen atoms in total. The van der Waals surface area contributed by atoms with Gasteiger partial charge in [-0.1, -0.05) is 0 Å². The molecule has 0 aromatic heterocycles. The summed E-state index contributed by atoms with van der Waals surface area (Å²) >= 11 is 10.5. The van der Waals surface area contributed by atoms with E-state index in [1.165, 1.54) is 6.92 Å². The van der Waals surface area contributed by atoms with E-state index < -0.39 is 11.7 Å². The molecule has 0 bridgehead atoms. The summed E-state index contributed by atoms with van der Waals surface area (Å²) in [6.45, 7) is 1.44. The molecule has 0 radical (unpaired) electrons. The normalized spacial score (nSPS) is 21.0. The molecular formula is C5H10Cl2O2. The van der Waals surface area contributed by atoms with Crippen molar-refractivity contribution in [2.45, 2.75) is 18.6 Å². The fraction of sp³-hybridized carbons (Fsp3) is 1.00. The van der Waals surface area contributed by atoms with Crippen LogP contribution in [0.5, 0.6) is 0 Å². The summed E-state index contributed by atoms with van der Waals surface area (Å²) < 4.78 is 0. The van der Waals surface area contributed by atoms with E-state index in [1.807, 2.05) is 0 Å². The minimum absolute atomic E-state index is 0.000278. The minimum atomic E-state index is -1.26. The van der Waals surface area contributed by atoms with Crippen LogP contribution in [0.4, 0.5) is 0 Å². The number of halogens is 2. The first-order valence-electron chi connectivity index (χ1n) is 2.57. The van der Waals surface area contributed by atoms with Crippen LogP contribution in [0.15, 0.2) is 0 Å². The van der Waals surface area contributed by atoms with Crippen LogP contribution in [-0.2, 0) is 0 Å². The Labute approximate surface area is 64.4 Å². The van der Waals surface area contributed by atoms with Crippen molar-refractivity contribution in [3.63, 3.8) is 0 Å². The van der Waals surface area contributed by atoms with Crippen molar-refractivity contribution in [1.82, 2.24) is 0 Å². The van der Waals surface area contributed by atoms with Crippen LogP contribution in [0.3, 0.4) is 0 Å². The molecule has 0 fully saturated rings. The minimum Gasteiger partial charge on any atom is -0.389 e. The van der Waals surface area contributed by atoms with Gasteiger partial charge < -0.3 is 10.2 Å². The topological polar surface area (TPSA) is 40.5 Å². The van der Waals surface area contributed by atoms with Crippen molar-refractivity contribution in [3.05, 3.63) is 0 Å². The molecule has 0 rings (SSSR count). The second-order valence-corrected chi connectivity index (χ2v) is 2.74. The van der Waals surface area contributed by atoms with Crippen LogP contribution in [0.2, 0.25) is 0 Å². The maximum atomic E-state index is 9.13. The Morgan fingerprint density at radius 2 is 2.00 bits per heavy atom. The van der Waals surface area contributed by atoms with E-state index in [0.717, 1.165) is 0 Å². The lowest BCUT2D eigenvalue weighted by atomic mass is 10.0. The van der Waals surface area contributed by atoms with E-state index in [-0.39, 0.29) is 11.8 Å². The molecule has 0 aliphatic rings. The lowest BCUT2D eigenvalue weighted by molar-refractivity contribution is -0.0329. The second kappa shape index (κ2) is 3.62. The Morgan fingerprint density at radius 3 is 2.11 bits per heavy atom. The monoisotopic (exact) mass is 172 g/mol. The van der Waals surface area contributed by atoms with E-state index in [1.54, 1.807) is 0 Å². The molecule has 0 amide bonds. The van der Waals surface area contributed by atoms with Gasteiger partial charge in [0.1, 0.15) is 5.60 Å². The maximum absolute atomic E-state index is 9.13. The molecule has 0 heterocycles. The number of rotatable bonds is 3. The van der Waals surface area contributed by atoms with Crippen LogP contribution in [-0.4, -0.2) is 33.7 Å². The first-order chi connectivity index (χ1) is 4.04. The summed E-state index contributed by atoms with van der Waals surface area (Å²) in [4.78, 5) is 0. The van der Waals surface area contributed by atoms with Gasteiger partial charge >= 0.3 is 0 Å². The molecule has 0 saturated carbocycles. The van der Waals surface area contributed by atoms with Gasteiger partial charge in [-0.25, -0.2) is 0 Å². The molecule has 0 aromatic rings. The SMILES string of the molecule is CC(O)(CCl)C(O)CCl. The van der Waals surface area contributed by atoms with Crippen molar-refractivity contribution in [2.24, 2.45) is 0 Å². The van der Waals surface area contributed by atoms with Gasteiger partial charge in [-0.15, -0.1) is 23.2 Å². The van der Waals surface area contributed by atoms with Crippen LogP contribution >= 0.6 is 23.2 Å². The summed E-state index contributed by atoms with van der Waals surface area (Å²) in [5.41, 5.74) is -1.26. The summed E-state index contributed by atoms with van der Waals surface area (Å²) in [5, 5.41) is 18.0. The van der Waals surface area contributed by atoms with Crippen molar-refractivity contribution in [2.75, 3.05) is 11.8 Å². The Hall–Kier alpha value is 0.500. The quantitative estimate of drug-likeness (QED) is 0.612. The lowest BCUT2D eigenvalue weighted by Gasteiger charge is -2.24. The molecule has 0 spiro atoms. The maximum Gasteiger partial charge on any atom is 0.102 e.